The summed E-state index contributed by atoms with van der Waals surface area (Å²) in [6.07, 6.45) is 4.96. The van der Waals surface area contributed by atoms with Crippen LogP contribution < -0.4 is 4.74 Å². The van der Waals surface area contributed by atoms with Crippen LogP contribution in [0.25, 0.3) is 0 Å². The Labute approximate surface area is 205 Å². The van der Waals surface area contributed by atoms with Gasteiger partial charge in [-0.1, -0.05) is 45.4 Å². The Morgan fingerprint density at radius 3 is 2.44 bits per heavy atom. The second kappa shape index (κ2) is 12.6. The van der Waals surface area contributed by atoms with Crippen LogP contribution >= 0.6 is 11.8 Å². The van der Waals surface area contributed by atoms with E-state index in [2.05, 4.69) is 18.0 Å². The van der Waals surface area contributed by atoms with Gasteiger partial charge in [0, 0.05) is 18.3 Å². The van der Waals surface area contributed by atoms with Gasteiger partial charge in [0.05, 0.1) is 11.9 Å². The van der Waals surface area contributed by atoms with Crippen LogP contribution in [0.1, 0.15) is 56.9 Å². The van der Waals surface area contributed by atoms with Gasteiger partial charge in [-0.2, -0.15) is 4.90 Å². The number of benzene rings is 1. The molecule has 34 heavy (non-hydrogen) atoms. The molecule has 1 aromatic carbocycles. The van der Waals surface area contributed by atoms with Crippen LogP contribution in [0.5, 0.6) is 5.75 Å². The number of nitrogens with zero attached hydrogens (tertiary/aromatic N) is 2. The first-order valence-corrected chi connectivity index (χ1v) is 12.7. The van der Waals surface area contributed by atoms with E-state index in [1.807, 2.05) is 50.4 Å². The highest BCUT2D eigenvalue weighted by Crippen LogP contribution is 2.31. The quantitative estimate of drug-likeness (QED) is 0.411. The van der Waals surface area contributed by atoms with Crippen LogP contribution in [0.15, 0.2) is 42.6 Å². The SMILES string of the molecule is CCCC(CC)OC(=O)N1C(=O)SC(Cc2ccc(OCCc3ccc(CC)cn3)cc2)C1=O. The zero-order chi connectivity index (χ0) is 24.5. The Bertz CT molecular complexity index is 978. The summed E-state index contributed by atoms with van der Waals surface area (Å²) >= 11 is 0.870. The number of aryl methyl sites for hydroxylation is 1. The smallest absolute Gasteiger partial charge is 0.424 e. The number of aromatic nitrogens is 1. The van der Waals surface area contributed by atoms with Crippen LogP contribution in [0.2, 0.25) is 0 Å². The Kier molecular flexibility index (Phi) is 9.51. The van der Waals surface area contributed by atoms with Crippen LogP contribution in [0.4, 0.5) is 9.59 Å². The maximum absolute atomic E-state index is 12.7. The lowest BCUT2D eigenvalue weighted by Gasteiger charge is -2.18. The molecule has 1 aliphatic rings. The van der Waals surface area contributed by atoms with Crippen molar-refractivity contribution in [1.29, 1.82) is 0 Å². The number of hydrogen-bond acceptors (Lipinski definition) is 7. The molecule has 3 rings (SSSR count). The Morgan fingerprint density at radius 1 is 1.09 bits per heavy atom. The Morgan fingerprint density at radius 2 is 1.82 bits per heavy atom. The normalized spacial score (nSPS) is 16.6. The van der Waals surface area contributed by atoms with Gasteiger partial charge in [0.1, 0.15) is 11.9 Å². The van der Waals surface area contributed by atoms with Crippen LogP contribution in [-0.4, -0.2) is 45.1 Å². The van der Waals surface area contributed by atoms with Crippen molar-refractivity contribution in [2.45, 2.75) is 70.7 Å². The van der Waals surface area contributed by atoms with Gasteiger partial charge in [0.15, 0.2) is 0 Å². The molecular formula is C26H32N2O5S. The van der Waals surface area contributed by atoms with Crippen molar-refractivity contribution in [3.05, 3.63) is 59.4 Å². The molecule has 0 bridgehead atoms. The molecule has 182 valence electrons. The number of thioether (sulfide) groups is 1. The lowest BCUT2D eigenvalue weighted by molar-refractivity contribution is -0.125. The predicted molar refractivity (Wildman–Crippen MR) is 132 cm³/mol. The average Bonchev–Trinajstić information content (AvgIpc) is 3.12. The molecule has 8 heteroatoms. The number of carbonyl (C=O) groups excluding carboxylic acids is 3. The second-order valence-corrected chi connectivity index (χ2v) is 9.36. The highest BCUT2D eigenvalue weighted by Gasteiger charge is 2.44. The fourth-order valence-electron chi connectivity index (χ4n) is 3.64. The van der Waals surface area contributed by atoms with Crippen LogP contribution in [0.3, 0.4) is 0 Å². The molecule has 0 saturated carbocycles. The minimum absolute atomic E-state index is 0.291. The van der Waals surface area contributed by atoms with Crippen molar-refractivity contribution in [3.63, 3.8) is 0 Å². The van der Waals surface area contributed by atoms with E-state index in [0.29, 0.717) is 37.2 Å². The van der Waals surface area contributed by atoms with E-state index >= 15 is 0 Å². The number of amides is 3. The molecule has 2 heterocycles. The molecule has 2 atom stereocenters. The number of carbonyl (C=O) groups is 3. The summed E-state index contributed by atoms with van der Waals surface area (Å²) in [7, 11) is 0. The Hall–Kier alpha value is -2.87. The first-order chi connectivity index (χ1) is 16.4. The third kappa shape index (κ3) is 6.82. The fraction of sp³-hybridized carbons (Fsp3) is 0.462. The maximum Gasteiger partial charge on any atom is 0.424 e. The molecule has 2 unspecified atom stereocenters. The predicted octanol–water partition coefficient (Wildman–Crippen LogP) is 5.59. The van der Waals surface area contributed by atoms with Gasteiger partial charge in [0.2, 0.25) is 0 Å². The van der Waals surface area contributed by atoms with Gasteiger partial charge in [-0.3, -0.25) is 14.6 Å². The summed E-state index contributed by atoms with van der Waals surface area (Å²) in [5.41, 5.74) is 3.08. The summed E-state index contributed by atoms with van der Waals surface area (Å²) in [6.45, 7) is 6.51. The van der Waals surface area contributed by atoms with E-state index in [1.165, 1.54) is 5.56 Å². The molecule has 1 saturated heterocycles. The van der Waals surface area contributed by atoms with Crippen LogP contribution in [0, 0.1) is 0 Å². The van der Waals surface area contributed by atoms with Gasteiger partial charge in [-0.25, -0.2) is 4.79 Å². The molecule has 0 aliphatic carbocycles. The van der Waals surface area contributed by atoms with E-state index in [0.717, 1.165) is 41.6 Å². The number of hydrogen-bond donors (Lipinski definition) is 0. The van der Waals surface area contributed by atoms with Crippen molar-refractivity contribution in [1.82, 2.24) is 9.88 Å². The lowest BCUT2D eigenvalue weighted by atomic mass is 10.1. The maximum atomic E-state index is 12.7. The second-order valence-electron chi connectivity index (χ2n) is 8.21. The first kappa shape index (κ1) is 25.7. The van der Waals surface area contributed by atoms with E-state index in [1.54, 1.807) is 0 Å². The fourth-order valence-corrected chi connectivity index (χ4v) is 4.63. The summed E-state index contributed by atoms with van der Waals surface area (Å²) in [6, 6.07) is 11.5. The molecule has 3 amide bonds. The molecule has 7 nitrogen and oxygen atoms in total. The van der Waals surface area contributed by atoms with E-state index < -0.39 is 22.5 Å². The van der Waals surface area contributed by atoms with Crippen molar-refractivity contribution >= 4 is 29.0 Å². The van der Waals surface area contributed by atoms with Crippen LogP contribution in [-0.2, 0) is 28.8 Å². The molecular weight excluding hydrogens is 452 g/mol. The monoisotopic (exact) mass is 484 g/mol. The third-order valence-corrected chi connectivity index (χ3v) is 6.74. The zero-order valence-electron chi connectivity index (χ0n) is 20.0. The lowest BCUT2D eigenvalue weighted by Crippen LogP contribution is -2.39. The minimum atomic E-state index is -0.868. The largest absolute Gasteiger partial charge is 0.493 e. The zero-order valence-corrected chi connectivity index (χ0v) is 20.8. The Balaban J connectivity index is 1.50. The van der Waals surface area contributed by atoms with E-state index in [4.69, 9.17) is 9.47 Å². The van der Waals surface area contributed by atoms with Crippen molar-refractivity contribution in [2.75, 3.05) is 6.61 Å². The summed E-state index contributed by atoms with van der Waals surface area (Å²) in [4.78, 5) is 42.5. The summed E-state index contributed by atoms with van der Waals surface area (Å²) in [5.74, 6) is 0.204. The van der Waals surface area contributed by atoms with Crippen molar-refractivity contribution in [2.24, 2.45) is 0 Å². The summed E-state index contributed by atoms with van der Waals surface area (Å²) in [5, 5.41) is -1.22. The van der Waals surface area contributed by atoms with Gasteiger partial charge >= 0.3 is 6.09 Å². The van der Waals surface area contributed by atoms with Crippen molar-refractivity contribution in [3.8, 4) is 5.75 Å². The molecule has 1 aromatic heterocycles. The minimum Gasteiger partial charge on any atom is -0.493 e. The molecule has 1 aliphatic heterocycles. The van der Waals surface area contributed by atoms with Gasteiger partial charge in [0.25, 0.3) is 11.1 Å². The molecule has 0 N–H and O–H groups in total. The number of ether oxygens (including phenoxy) is 2. The van der Waals surface area contributed by atoms with Gasteiger partial charge in [-0.15, -0.1) is 0 Å². The molecule has 1 fully saturated rings. The third-order valence-electron chi connectivity index (χ3n) is 5.70. The number of pyridine rings is 1. The molecule has 2 aromatic rings. The topological polar surface area (TPSA) is 85.8 Å². The standard InChI is InChI=1S/C26H32N2O5S/c1-4-7-21(6-3)33-25(30)28-24(29)23(34-26(28)31)16-19-9-12-22(13-10-19)32-15-14-20-11-8-18(5-2)17-27-20/h8-13,17,21,23H,4-7,14-16H2,1-3H3. The molecule has 0 spiro atoms. The van der Waals surface area contributed by atoms with Crippen molar-refractivity contribution < 1.29 is 23.9 Å². The highest BCUT2D eigenvalue weighted by molar-refractivity contribution is 8.15. The number of rotatable bonds is 11. The van der Waals surface area contributed by atoms with Gasteiger partial charge in [-0.05, 0) is 66.8 Å². The summed E-state index contributed by atoms with van der Waals surface area (Å²) < 4.78 is 11.2. The number of imide groups is 3. The average molecular weight is 485 g/mol. The highest BCUT2D eigenvalue weighted by atomic mass is 32.2. The van der Waals surface area contributed by atoms with E-state index in [-0.39, 0.29) is 6.10 Å². The molecule has 0 radical (unpaired) electrons. The van der Waals surface area contributed by atoms with E-state index in [9.17, 15) is 14.4 Å². The first-order valence-electron chi connectivity index (χ1n) is 11.9. The van der Waals surface area contributed by atoms with Gasteiger partial charge < -0.3 is 9.47 Å².